The molecule has 0 saturated heterocycles. The van der Waals surface area contributed by atoms with Gasteiger partial charge in [0.05, 0.1) is 18.7 Å². The van der Waals surface area contributed by atoms with Gasteiger partial charge in [0.15, 0.2) is 0 Å². The molecule has 1 N–H and O–H groups in total. The molecule has 0 heterocycles. The second kappa shape index (κ2) is 5.51. The summed E-state index contributed by atoms with van der Waals surface area (Å²) >= 11 is 5.89. The second-order valence-electron chi connectivity index (χ2n) is 2.94. The SMILES string of the molecule is CCOC(=O)CC(=N)c1ccccc1Cl. The molecule has 3 nitrogen and oxygen atoms in total. The molecule has 1 rings (SSSR count). The van der Waals surface area contributed by atoms with Crippen LogP contribution in [0, 0.1) is 5.41 Å². The highest BCUT2D eigenvalue weighted by Gasteiger charge is 2.11. The molecule has 0 amide bonds. The van der Waals surface area contributed by atoms with E-state index in [1.54, 1.807) is 31.2 Å². The molecule has 15 heavy (non-hydrogen) atoms. The van der Waals surface area contributed by atoms with Gasteiger partial charge < -0.3 is 10.1 Å². The van der Waals surface area contributed by atoms with Crippen LogP contribution in [0.15, 0.2) is 24.3 Å². The van der Waals surface area contributed by atoms with Gasteiger partial charge in [0.2, 0.25) is 0 Å². The predicted molar refractivity (Wildman–Crippen MR) is 59.5 cm³/mol. The maximum absolute atomic E-state index is 11.1. The van der Waals surface area contributed by atoms with E-state index in [4.69, 9.17) is 21.7 Å². The highest BCUT2D eigenvalue weighted by molar-refractivity contribution is 6.34. The van der Waals surface area contributed by atoms with Gasteiger partial charge in [-0.3, -0.25) is 4.79 Å². The van der Waals surface area contributed by atoms with Crippen molar-refractivity contribution in [1.82, 2.24) is 0 Å². The summed E-state index contributed by atoms with van der Waals surface area (Å²) in [6, 6.07) is 6.96. The quantitative estimate of drug-likeness (QED) is 0.633. The van der Waals surface area contributed by atoms with Crippen LogP contribution in [0.1, 0.15) is 18.9 Å². The second-order valence-corrected chi connectivity index (χ2v) is 3.35. The van der Waals surface area contributed by atoms with Gasteiger partial charge in [-0.25, -0.2) is 0 Å². The lowest BCUT2D eigenvalue weighted by Gasteiger charge is -2.05. The smallest absolute Gasteiger partial charge is 0.311 e. The first-order chi connectivity index (χ1) is 7.15. The molecular formula is C11H12ClNO2. The van der Waals surface area contributed by atoms with E-state index in [0.29, 0.717) is 17.2 Å². The molecule has 0 radical (unpaired) electrons. The number of benzene rings is 1. The minimum absolute atomic E-state index is 0.0441. The van der Waals surface area contributed by atoms with Crippen LogP contribution >= 0.6 is 11.6 Å². The number of carbonyl (C=O) groups is 1. The van der Waals surface area contributed by atoms with Crippen LogP contribution < -0.4 is 0 Å². The van der Waals surface area contributed by atoms with Crippen LogP contribution in [0.25, 0.3) is 0 Å². The summed E-state index contributed by atoms with van der Waals surface area (Å²) in [5.41, 5.74) is 0.756. The van der Waals surface area contributed by atoms with Gasteiger partial charge in [0.25, 0.3) is 0 Å². The predicted octanol–water partition coefficient (Wildman–Crippen LogP) is 2.66. The first kappa shape index (κ1) is 11.7. The zero-order valence-electron chi connectivity index (χ0n) is 8.42. The summed E-state index contributed by atoms with van der Waals surface area (Å²) in [6.45, 7) is 2.06. The van der Waals surface area contributed by atoms with Gasteiger partial charge >= 0.3 is 5.97 Å². The molecule has 0 aromatic heterocycles. The van der Waals surface area contributed by atoms with Crippen molar-refractivity contribution in [3.8, 4) is 0 Å². The van der Waals surface area contributed by atoms with E-state index < -0.39 is 5.97 Å². The minimum Gasteiger partial charge on any atom is -0.466 e. The number of carbonyl (C=O) groups excluding carboxylic acids is 1. The van der Waals surface area contributed by atoms with Gasteiger partial charge in [-0.05, 0) is 13.0 Å². The van der Waals surface area contributed by atoms with Gasteiger partial charge in [-0.15, -0.1) is 0 Å². The third kappa shape index (κ3) is 3.36. The van der Waals surface area contributed by atoms with Gasteiger partial charge in [0.1, 0.15) is 0 Å². The molecule has 0 aliphatic heterocycles. The van der Waals surface area contributed by atoms with Crippen LogP contribution in [0.3, 0.4) is 0 Å². The van der Waals surface area contributed by atoms with Crippen LogP contribution in [0.4, 0.5) is 0 Å². The Morgan fingerprint density at radius 3 is 2.73 bits per heavy atom. The molecule has 0 atom stereocenters. The van der Waals surface area contributed by atoms with Crippen molar-refractivity contribution in [2.45, 2.75) is 13.3 Å². The molecule has 0 aliphatic carbocycles. The molecule has 0 bridgehead atoms. The molecule has 0 spiro atoms. The normalized spacial score (nSPS) is 9.73. The van der Waals surface area contributed by atoms with Crippen molar-refractivity contribution >= 4 is 23.3 Å². The minimum atomic E-state index is -0.401. The molecule has 0 unspecified atom stereocenters. The number of rotatable bonds is 4. The maximum atomic E-state index is 11.1. The summed E-state index contributed by atoms with van der Waals surface area (Å²) in [5, 5.41) is 8.17. The Bertz CT molecular complexity index is 377. The molecule has 0 saturated carbocycles. The van der Waals surface area contributed by atoms with Crippen molar-refractivity contribution in [1.29, 1.82) is 5.41 Å². The number of hydrogen-bond acceptors (Lipinski definition) is 3. The molecule has 1 aromatic carbocycles. The van der Waals surface area contributed by atoms with Gasteiger partial charge in [-0.2, -0.15) is 0 Å². The van der Waals surface area contributed by atoms with Crippen molar-refractivity contribution in [2.75, 3.05) is 6.61 Å². The largest absolute Gasteiger partial charge is 0.466 e. The fourth-order valence-corrected chi connectivity index (χ4v) is 1.41. The lowest BCUT2D eigenvalue weighted by Crippen LogP contribution is -2.11. The van der Waals surface area contributed by atoms with E-state index in [2.05, 4.69) is 0 Å². The lowest BCUT2D eigenvalue weighted by atomic mass is 10.1. The van der Waals surface area contributed by atoms with Crippen molar-refractivity contribution < 1.29 is 9.53 Å². The van der Waals surface area contributed by atoms with E-state index in [1.807, 2.05) is 0 Å². The Morgan fingerprint density at radius 2 is 2.13 bits per heavy atom. The highest BCUT2D eigenvalue weighted by Crippen LogP contribution is 2.16. The number of nitrogens with one attached hydrogen (secondary N) is 1. The summed E-state index contributed by atoms with van der Waals surface area (Å²) in [5.74, 6) is -0.401. The summed E-state index contributed by atoms with van der Waals surface area (Å²) in [6.07, 6.45) is -0.0441. The first-order valence-electron chi connectivity index (χ1n) is 4.63. The summed E-state index contributed by atoms with van der Waals surface area (Å²) in [7, 11) is 0. The fraction of sp³-hybridized carbons (Fsp3) is 0.273. The molecule has 80 valence electrons. The topological polar surface area (TPSA) is 50.2 Å². The average Bonchev–Trinajstić information content (AvgIpc) is 2.18. The summed E-state index contributed by atoms with van der Waals surface area (Å²) in [4.78, 5) is 11.1. The summed E-state index contributed by atoms with van der Waals surface area (Å²) < 4.78 is 4.75. The standard InChI is InChI=1S/C11H12ClNO2/c1-2-15-11(14)7-10(13)8-5-3-4-6-9(8)12/h3-6,13H,2,7H2,1H3. The monoisotopic (exact) mass is 225 g/mol. The van der Waals surface area contributed by atoms with Crippen molar-refractivity contribution in [3.05, 3.63) is 34.9 Å². The van der Waals surface area contributed by atoms with Gasteiger partial charge in [-0.1, -0.05) is 29.8 Å². The van der Waals surface area contributed by atoms with Crippen LogP contribution in [0.5, 0.6) is 0 Å². The molecule has 1 aromatic rings. The van der Waals surface area contributed by atoms with E-state index in [0.717, 1.165) is 0 Å². The zero-order chi connectivity index (χ0) is 11.3. The van der Waals surface area contributed by atoms with Crippen LogP contribution in [-0.2, 0) is 9.53 Å². The van der Waals surface area contributed by atoms with E-state index in [1.165, 1.54) is 0 Å². The highest BCUT2D eigenvalue weighted by atomic mass is 35.5. The Kier molecular flexibility index (Phi) is 4.31. The average molecular weight is 226 g/mol. The molecular weight excluding hydrogens is 214 g/mol. The van der Waals surface area contributed by atoms with Crippen LogP contribution in [0.2, 0.25) is 5.02 Å². The van der Waals surface area contributed by atoms with Crippen LogP contribution in [-0.4, -0.2) is 18.3 Å². The van der Waals surface area contributed by atoms with Crippen molar-refractivity contribution in [3.63, 3.8) is 0 Å². The zero-order valence-corrected chi connectivity index (χ0v) is 9.17. The number of esters is 1. The maximum Gasteiger partial charge on any atom is 0.311 e. The van der Waals surface area contributed by atoms with E-state index >= 15 is 0 Å². The fourth-order valence-electron chi connectivity index (χ4n) is 1.16. The van der Waals surface area contributed by atoms with E-state index in [9.17, 15) is 4.79 Å². The Labute approximate surface area is 93.5 Å². The first-order valence-corrected chi connectivity index (χ1v) is 5.01. The molecule has 4 heteroatoms. The lowest BCUT2D eigenvalue weighted by molar-refractivity contribution is -0.141. The number of hydrogen-bond donors (Lipinski definition) is 1. The number of ether oxygens (including phenoxy) is 1. The Hall–Kier alpha value is -1.35. The molecule has 0 fully saturated rings. The third-order valence-corrected chi connectivity index (χ3v) is 2.16. The van der Waals surface area contributed by atoms with E-state index in [-0.39, 0.29) is 12.1 Å². The third-order valence-electron chi connectivity index (χ3n) is 1.83. The molecule has 0 aliphatic rings. The van der Waals surface area contributed by atoms with Gasteiger partial charge in [0, 0.05) is 10.6 Å². The van der Waals surface area contributed by atoms with Crippen molar-refractivity contribution in [2.24, 2.45) is 0 Å². The Morgan fingerprint density at radius 1 is 1.47 bits per heavy atom. The Balaban J connectivity index is 2.70. The number of halogens is 1.